The van der Waals surface area contributed by atoms with E-state index in [1.165, 1.54) is 40.2 Å². The first kappa shape index (κ1) is 18.9. The molecular weight excluding hydrogens is 406 g/mol. The molecule has 31 heavy (non-hydrogen) atoms. The molecule has 0 unspecified atom stereocenters. The number of aromatic nitrogens is 5. The number of H-pyrrole nitrogens is 1. The van der Waals surface area contributed by atoms with Crippen LogP contribution in [0.25, 0.3) is 21.6 Å². The number of hydrogen-bond acceptors (Lipinski definition) is 7. The standard InChI is InChI=1S/C23H25N7S/c1-2-4-21-19(3-1)24-22(31-21)15-29-9-11-30(12-10-29)20-14-17(13-16-5-6-16)7-8-18(20)23-25-27-28-26-23/h1-4,7-8,14,16H,5-6,9-13,15H2,(H,25,26,27,28). The third kappa shape index (κ3) is 4.05. The number of para-hydroxylation sites is 1. The molecule has 3 heterocycles. The Hall–Kier alpha value is -2.84. The third-order valence-corrected chi connectivity index (χ3v) is 7.30. The Morgan fingerprint density at radius 1 is 1.03 bits per heavy atom. The first-order valence-corrected chi connectivity index (χ1v) is 11.8. The van der Waals surface area contributed by atoms with Crippen molar-refractivity contribution in [1.82, 2.24) is 30.5 Å². The molecule has 0 amide bonds. The maximum absolute atomic E-state index is 4.81. The van der Waals surface area contributed by atoms with Crippen molar-refractivity contribution >= 4 is 27.2 Å². The van der Waals surface area contributed by atoms with Crippen molar-refractivity contribution in [2.24, 2.45) is 5.92 Å². The quantitative estimate of drug-likeness (QED) is 0.501. The summed E-state index contributed by atoms with van der Waals surface area (Å²) < 4.78 is 1.27. The zero-order valence-electron chi connectivity index (χ0n) is 17.4. The molecule has 1 saturated carbocycles. The van der Waals surface area contributed by atoms with Crippen molar-refractivity contribution < 1.29 is 0 Å². The normalized spacial score (nSPS) is 17.5. The molecule has 0 atom stereocenters. The van der Waals surface area contributed by atoms with Gasteiger partial charge < -0.3 is 4.90 Å². The van der Waals surface area contributed by atoms with Crippen LogP contribution in [0.5, 0.6) is 0 Å². The fraction of sp³-hybridized carbons (Fsp3) is 0.391. The maximum Gasteiger partial charge on any atom is 0.206 e. The van der Waals surface area contributed by atoms with E-state index < -0.39 is 0 Å². The highest BCUT2D eigenvalue weighted by Gasteiger charge is 2.25. The minimum Gasteiger partial charge on any atom is -0.368 e. The highest BCUT2D eigenvalue weighted by Crippen LogP contribution is 2.36. The number of fused-ring (bicyclic) bond motifs is 1. The van der Waals surface area contributed by atoms with E-state index in [4.69, 9.17) is 4.98 Å². The smallest absolute Gasteiger partial charge is 0.206 e. The third-order valence-electron chi connectivity index (χ3n) is 6.28. The predicted molar refractivity (Wildman–Crippen MR) is 123 cm³/mol. The molecule has 4 aromatic rings. The Labute approximate surface area is 185 Å². The number of anilines is 1. The summed E-state index contributed by atoms with van der Waals surface area (Å²) in [5.74, 6) is 1.54. The molecule has 2 fully saturated rings. The van der Waals surface area contributed by atoms with Gasteiger partial charge >= 0.3 is 0 Å². The Kier molecular flexibility index (Phi) is 4.88. The Balaban J connectivity index is 1.18. The molecule has 0 radical (unpaired) electrons. The van der Waals surface area contributed by atoms with E-state index in [1.54, 1.807) is 0 Å². The second kappa shape index (κ2) is 8.01. The topological polar surface area (TPSA) is 73.8 Å². The molecular formula is C23H25N7S. The summed E-state index contributed by atoms with van der Waals surface area (Å²) in [5.41, 5.74) is 4.83. The summed E-state index contributed by atoms with van der Waals surface area (Å²) in [6.45, 7) is 4.95. The Morgan fingerprint density at radius 3 is 2.68 bits per heavy atom. The zero-order valence-corrected chi connectivity index (χ0v) is 18.2. The SMILES string of the molecule is c1ccc2sc(CN3CCN(c4cc(CC5CC5)ccc4-c4nn[nH]n4)CC3)nc2c1. The van der Waals surface area contributed by atoms with Gasteiger partial charge in [0.2, 0.25) is 5.82 Å². The average molecular weight is 432 g/mol. The highest BCUT2D eigenvalue weighted by molar-refractivity contribution is 7.18. The fourth-order valence-corrected chi connectivity index (χ4v) is 5.42. The molecule has 1 aliphatic heterocycles. The highest BCUT2D eigenvalue weighted by atomic mass is 32.1. The van der Waals surface area contributed by atoms with Crippen LogP contribution in [-0.4, -0.2) is 56.7 Å². The number of tetrazole rings is 1. The molecule has 2 aromatic carbocycles. The van der Waals surface area contributed by atoms with Crippen LogP contribution in [0.3, 0.4) is 0 Å². The van der Waals surface area contributed by atoms with Gasteiger partial charge in [0.1, 0.15) is 5.01 Å². The van der Waals surface area contributed by atoms with Crippen LogP contribution in [0.1, 0.15) is 23.4 Å². The van der Waals surface area contributed by atoms with Crippen molar-refractivity contribution in [1.29, 1.82) is 0 Å². The van der Waals surface area contributed by atoms with Crippen LogP contribution in [0.2, 0.25) is 0 Å². The van der Waals surface area contributed by atoms with Crippen LogP contribution in [0.15, 0.2) is 42.5 Å². The van der Waals surface area contributed by atoms with E-state index in [0.717, 1.165) is 49.7 Å². The van der Waals surface area contributed by atoms with Gasteiger partial charge in [-0.25, -0.2) is 4.98 Å². The van der Waals surface area contributed by atoms with Gasteiger partial charge in [-0.1, -0.05) is 18.2 Å². The molecule has 6 rings (SSSR count). The number of nitrogens with one attached hydrogen (secondary N) is 1. The Bertz CT molecular complexity index is 1140. The molecule has 0 spiro atoms. The number of rotatable bonds is 6. The van der Waals surface area contributed by atoms with E-state index in [2.05, 4.69) is 72.9 Å². The summed E-state index contributed by atoms with van der Waals surface area (Å²) in [6.07, 6.45) is 3.91. The zero-order chi connectivity index (χ0) is 20.6. The van der Waals surface area contributed by atoms with Crippen molar-refractivity contribution in [3.63, 3.8) is 0 Å². The number of nitrogens with zero attached hydrogens (tertiary/aromatic N) is 6. The summed E-state index contributed by atoms with van der Waals surface area (Å²) >= 11 is 1.81. The fourth-order valence-electron chi connectivity index (χ4n) is 4.41. The molecule has 1 N–H and O–H groups in total. The maximum atomic E-state index is 4.81. The van der Waals surface area contributed by atoms with Crippen LogP contribution < -0.4 is 4.90 Å². The van der Waals surface area contributed by atoms with Gasteiger partial charge in [-0.2, -0.15) is 5.21 Å². The molecule has 8 heteroatoms. The van der Waals surface area contributed by atoms with Crippen molar-refractivity contribution in [2.45, 2.75) is 25.8 Å². The predicted octanol–water partition coefficient (Wildman–Crippen LogP) is 3.75. The van der Waals surface area contributed by atoms with Gasteiger partial charge in [-0.15, -0.1) is 21.5 Å². The van der Waals surface area contributed by atoms with E-state index in [0.29, 0.717) is 5.82 Å². The number of thiazole rings is 1. The molecule has 158 valence electrons. The van der Waals surface area contributed by atoms with Gasteiger partial charge in [-0.05, 0) is 60.2 Å². The largest absolute Gasteiger partial charge is 0.368 e. The van der Waals surface area contributed by atoms with E-state index >= 15 is 0 Å². The van der Waals surface area contributed by atoms with Crippen LogP contribution >= 0.6 is 11.3 Å². The number of piperazine rings is 1. The summed E-state index contributed by atoms with van der Waals surface area (Å²) in [6, 6.07) is 15.2. The second-order valence-electron chi connectivity index (χ2n) is 8.57. The lowest BCUT2D eigenvalue weighted by atomic mass is 10.0. The van der Waals surface area contributed by atoms with Gasteiger partial charge in [0.25, 0.3) is 0 Å². The minimum atomic E-state index is 0.671. The summed E-state index contributed by atoms with van der Waals surface area (Å²) in [4.78, 5) is 9.81. The molecule has 0 bridgehead atoms. The van der Waals surface area contributed by atoms with Crippen LogP contribution in [0.4, 0.5) is 5.69 Å². The van der Waals surface area contributed by atoms with Crippen molar-refractivity contribution in [3.05, 3.63) is 53.0 Å². The van der Waals surface area contributed by atoms with Crippen molar-refractivity contribution in [3.8, 4) is 11.4 Å². The van der Waals surface area contributed by atoms with Crippen molar-refractivity contribution in [2.75, 3.05) is 31.1 Å². The summed E-state index contributed by atoms with van der Waals surface area (Å²) in [7, 11) is 0. The van der Waals surface area contributed by atoms with Crippen LogP contribution in [-0.2, 0) is 13.0 Å². The number of benzene rings is 2. The number of hydrogen-bond donors (Lipinski definition) is 1. The van der Waals surface area contributed by atoms with E-state index in [9.17, 15) is 0 Å². The monoisotopic (exact) mass is 431 g/mol. The summed E-state index contributed by atoms with van der Waals surface area (Å²) in [5, 5.41) is 16.1. The molecule has 1 saturated heterocycles. The molecule has 2 aliphatic rings. The molecule has 2 aromatic heterocycles. The van der Waals surface area contributed by atoms with Gasteiger partial charge in [0, 0.05) is 37.4 Å². The molecule has 7 nitrogen and oxygen atoms in total. The van der Waals surface area contributed by atoms with E-state index in [-0.39, 0.29) is 0 Å². The van der Waals surface area contributed by atoms with Gasteiger partial charge in [0.05, 0.1) is 16.8 Å². The van der Waals surface area contributed by atoms with E-state index in [1.807, 2.05) is 11.3 Å². The second-order valence-corrected chi connectivity index (χ2v) is 9.69. The van der Waals surface area contributed by atoms with Crippen LogP contribution in [0, 0.1) is 5.92 Å². The lowest BCUT2D eigenvalue weighted by Gasteiger charge is -2.36. The average Bonchev–Trinajstić information content (AvgIpc) is 3.27. The lowest BCUT2D eigenvalue weighted by Crippen LogP contribution is -2.46. The van der Waals surface area contributed by atoms with Gasteiger partial charge in [-0.3, -0.25) is 4.90 Å². The minimum absolute atomic E-state index is 0.671. The molecule has 1 aliphatic carbocycles. The first-order chi connectivity index (χ1) is 15.3. The first-order valence-electron chi connectivity index (χ1n) is 11.0. The number of aromatic amines is 1. The van der Waals surface area contributed by atoms with Gasteiger partial charge in [0.15, 0.2) is 0 Å². The Morgan fingerprint density at radius 2 is 1.90 bits per heavy atom. The lowest BCUT2D eigenvalue weighted by molar-refractivity contribution is 0.250.